The van der Waals surface area contributed by atoms with E-state index in [0.29, 0.717) is 12.1 Å². The van der Waals surface area contributed by atoms with E-state index in [2.05, 4.69) is 35.8 Å². The second kappa shape index (κ2) is 9.78. The summed E-state index contributed by atoms with van der Waals surface area (Å²) in [6.07, 6.45) is 5.70. The monoisotopic (exact) mass is 486 g/mol. The smallest absolute Gasteiger partial charge is 0.251 e. The third-order valence-electron chi connectivity index (χ3n) is 6.89. The predicted octanol–water partition coefficient (Wildman–Crippen LogP) is 5.72. The van der Waals surface area contributed by atoms with E-state index in [1.807, 2.05) is 16.8 Å². The minimum atomic E-state index is -1.16. The van der Waals surface area contributed by atoms with Crippen LogP contribution in [0.3, 0.4) is 0 Å². The number of hydrogen-bond donors (Lipinski definition) is 2. The van der Waals surface area contributed by atoms with Gasteiger partial charge in [-0.15, -0.1) is 0 Å². The molecule has 0 atom stereocenters. The highest BCUT2D eigenvalue weighted by atomic mass is 19.1. The number of nitriles is 1. The molecule has 1 saturated carbocycles. The molecule has 0 radical (unpaired) electrons. The Morgan fingerprint density at radius 3 is 2.36 bits per heavy atom. The van der Waals surface area contributed by atoms with Gasteiger partial charge in [0, 0.05) is 23.7 Å². The molecule has 4 aromatic rings. The van der Waals surface area contributed by atoms with E-state index in [9.17, 15) is 18.7 Å². The molecule has 182 valence electrons. The number of fused-ring (bicyclic) bond motifs is 1. The Bertz CT molecular complexity index is 1440. The quantitative estimate of drug-likeness (QED) is 0.378. The van der Waals surface area contributed by atoms with E-state index >= 15 is 0 Å². The van der Waals surface area contributed by atoms with Crippen LogP contribution in [0.5, 0.6) is 5.75 Å². The largest absolute Gasteiger partial charge is 0.503 e. The topological polar surface area (TPSA) is 90.9 Å². The number of nitrogens with zero attached hydrogens (tertiary/aromatic N) is 3. The van der Waals surface area contributed by atoms with E-state index < -0.39 is 23.3 Å². The van der Waals surface area contributed by atoms with Crippen LogP contribution in [0.15, 0.2) is 60.8 Å². The van der Waals surface area contributed by atoms with Crippen molar-refractivity contribution in [1.29, 1.82) is 5.26 Å². The van der Waals surface area contributed by atoms with Gasteiger partial charge in [-0.25, -0.2) is 8.78 Å². The van der Waals surface area contributed by atoms with E-state index in [1.54, 1.807) is 12.1 Å². The van der Waals surface area contributed by atoms with Crippen molar-refractivity contribution >= 4 is 16.8 Å². The lowest BCUT2D eigenvalue weighted by Gasteiger charge is -2.28. The van der Waals surface area contributed by atoms with Crippen LogP contribution in [-0.4, -0.2) is 27.3 Å². The maximum absolute atomic E-state index is 13.5. The van der Waals surface area contributed by atoms with Crippen molar-refractivity contribution in [2.75, 3.05) is 6.54 Å². The number of nitrogens with one attached hydrogen (secondary N) is 1. The number of phenolic OH excluding ortho intramolecular Hbond substituents is 1. The van der Waals surface area contributed by atoms with Crippen LogP contribution in [0.2, 0.25) is 0 Å². The van der Waals surface area contributed by atoms with Crippen molar-refractivity contribution in [1.82, 2.24) is 15.1 Å². The number of benzene rings is 3. The summed E-state index contributed by atoms with van der Waals surface area (Å²) in [5.41, 5.74) is 3.47. The molecule has 1 aromatic heterocycles. The summed E-state index contributed by atoms with van der Waals surface area (Å²) in [4.78, 5) is 12.3. The fraction of sp³-hybridized carbons (Fsp3) is 0.250. The molecular weight excluding hydrogens is 462 g/mol. The molecule has 0 unspecified atom stereocenters. The zero-order chi connectivity index (χ0) is 25.2. The molecule has 8 heteroatoms. The lowest BCUT2D eigenvalue weighted by molar-refractivity contribution is 0.0940. The van der Waals surface area contributed by atoms with Gasteiger partial charge in [0.1, 0.15) is 0 Å². The molecule has 3 aromatic carbocycles. The molecule has 1 fully saturated rings. The maximum Gasteiger partial charge on any atom is 0.251 e. The Kier molecular flexibility index (Phi) is 6.38. The molecule has 2 N–H and O–H groups in total. The fourth-order valence-electron chi connectivity index (χ4n) is 4.79. The normalized spacial score (nSPS) is 17.6. The summed E-state index contributed by atoms with van der Waals surface area (Å²) in [5, 5.41) is 26.8. The summed E-state index contributed by atoms with van der Waals surface area (Å²) in [6.45, 7) is 0.421. The van der Waals surface area contributed by atoms with Crippen molar-refractivity contribution in [2.24, 2.45) is 5.92 Å². The van der Waals surface area contributed by atoms with Crippen molar-refractivity contribution in [3.05, 3.63) is 83.6 Å². The van der Waals surface area contributed by atoms with Crippen molar-refractivity contribution < 1.29 is 18.7 Å². The second-order valence-corrected chi connectivity index (χ2v) is 9.24. The third-order valence-corrected chi connectivity index (χ3v) is 6.89. The molecule has 1 amide bonds. The van der Waals surface area contributed by atoms with Gasteiger partial charge in [0.05, 0.1) is 23.2 Å². The molecule has 0 saturated heterocycles. The Hall–Kier alpha value is -4.25. The van der Waals surface area contributed by atoms with Gasteiger partial charge in [0.25, 0.3) is 5.91 Å². The Morgan fingerprint density at radius 2 is 1.69 bits per heavy atom. The highest BCUT2D eigenvalue weighted by Crippen LogP contribution is 2.33. The maximum atomic E-state index is 13.5. The Balaban J connectivity index is 1.19. The Morgan fingerprint density at radius 1 is 1.03 bits per heavy atom. The fourth-order valence-corrected chi connectivity index (χ4v) is 4.79. The number of hydrogen-bond acceptors (Lipinski definition) is 4. The lowest BCUT2D eigenvalue weighted by atomic mass is 9.86. The first-order chi connectivity index (χ1) is 17.4. The first kappa shape index (κ1) is 23.5. The first-order valence-corrected chi connectivity index (χ1v) is 11.9. The average molecular weight is 487 g/mol. The summed E-state index contributed by atoms with van der Waals surface area (Å²) in [5.74, 6) is -3.69. The first-order valence-electron chi connectivity index (χ1n) is 11.9. The van der Waals surface area contributed by atoms with Crippen LogP contribution in [0, 0.1) is 28.9 Å². The molecule has 6 nitrogen and oxygen atoms in total. The molecule has 0 bridgehead atoms. The summed E-state index contributed by atoms with van der Waals surface area (Å²) in [7, 11) is 0. The molecule has 0 aliphatic heterocycles. The predicted molar refractivity (Wildman–Crippen MR) is 131 cm³/mol. The van der Waals surface area contributed by atoms with Gasteiger partial charge in [-0.3, -0.25) is 9.48 Å². The van der Waals surface area contributed by atoms with Gasteiger partial charge < -0.3 is 10.4 Å². The van der Waals surface area contributed by atoms with Gasteiger partial charge in [-0.1, -0.05) is 24.3 Å². The minimum absolute atomic E-state index is 0.153. The van der Waals surface area contributed by atoms with Gasteiger partial charge >= 0.3 is 0 Å². The van der Waals surface area contributed by atoms with E-state index in [1.165, 1.54) is 0 Å². The van der Waals surface area contributed by atoms with Crippen LogP contribution < -0.4 is 5.32 Å². The third kappa shape index (κ3) is 4.78. The zero-order valence-corrected chi connectivity index (χ0v) is 19.4. The highest BCUT2D eigenvalue weighted by Gasteiger charge is 2.24. The Labute approximate surface area is 206 Å². The average Bonchev–Trinajstić information content (AvgIpc) is 3.34. The van der Waals surface area contributed by atoms with Crippen molar-refractivity contribution in [3.8, 4) is 22.9 Å². The van der Waals surface area contributed by atoms with Gasteiger partial charge in [-0.2, -0.15) is 10.4 Å². The SMILES string of the molecule is N#Cc1ccc(-c2ccc3cn([C@H]4CC[C@H](CNC(=O)c5cc(F)c(O)c(F)c5)CC4)nc3c2)cc1. The molecular formula is C28H24F2N4O2. The lowest BCUT2D eigenvalue weighted by Crippen LogP contribution is -2.31. The van der Waals surface area contributed by atoms with Gasteiger partial charge in [-0.05, 0) is 73.1 Å². The minimum Gasteiger partial charge on any atom is -0.503 e. The van der Waals surface area contributed by atoms with E-state index in [4.69, 9.17) is 10.4 Å². The van der Waals surface area contributed by atoms with Crippen LogP contribution in [0.25, 0.3) is 22.0 Å². The standard InChI is InChI=1S/C28H24F2N4O2/c29-24-11-22(12-25(30)27(24)35)28(36)32-15-18-3-9-23(10-4-18)34-16-21-8-7-20(13-26(21)33-34)19-5-1-17(14-31)2-6-19/h1-2,5-8,11-13,16,18,23,35H,3-4,9-10,15H2,(H,32,36)/t18-,23-. The molecule has 1 aliphatic rings. The van der Waals surface area contributed by atoms with Crippen LogP contribution >= 0.6 is 0 Å². The number of halogens is 2. The number of aromatic nitrogens is 2. The number of carbonyl (C=O) groups excluding carboxylic acids is 1. The zero-order valence-electron chi connectivity index (χ0n) is 19.4. The van der Waals surface area contributed by atoms with E-state index in [-0.39, 0.29) is 17.5 Å². The van der Waals surface area contributed by atoms with Crippen LogP contribution in [0.4, 0.5) is 8.78 Å². The van der Waals surface area contributed by atoms with Crippen molar-refractivity contribution in [3.63, 3.8) is 0 Å². The molecule has 5 rings (SSSR count). The number of amides is 1. The van der Waals surface area contributed by atoms with E-state index in [0.717, 1.165) is 59.8 Å². The second-order valence-electron chi connectivity index (χ2n) is 9.24. The molecule has 36 heavy (non-hydrogen) atoms. The number of aromatic hydroxyl groups is 1. The molecule has 0 spiro atoms. The van der Waals surface area contributed by atoms with Gasteiger partial charge in [0.2, 0.25) is 0 Å². The number of carbonyl (C=O) groups is 1. The molecule has 1 heterocycles. The summed E-state index contributed by atoms with van der Waals surface area (Å²) in [6, 6.07) is 17.7. The van der Waals surface area contributed by atoms with Gasteiger partial charge in [0.15, 0.2) is 17.4 Å². The highest BCUT2D eigenvalue weighted by molar-refractivity contribution is 5.94. The number of phenols is 1. The summed E-state index contributed by atoms with van der Waals surface area (Å²) < 4.78 is 29.1. The van der Waals surface area contributed by atoms with Crippen LogP contribution in [-0.2, 0) is 0 Å². The number of rotatable bonds is 5. The molecule has 1 aliphatic carbocycles. The summed E-state index contributed by atoms with van der Waals surface area (Å²) >= 11 is 0. The van der Waals surface area contributed by atoms with Crippen molar-refractivity contribution in [2.45, 2.75) is 31.7 Å². The van der Waals surface area contributed by atoms with Crippen LogP contribution in [0.1, 0.15) is 47.6 Å².